The molecule has 1 N–H and O–H groups in total. The van der Waals surface area contributed by atoms with Crippen LogP contribution in [0.3, 0.4) is 0 Å². The van der Waals surface area contributed by atoms with Crippen molar-refractivity contribution in [1.29, 1.82) is 0 Å². The monoisotopic (exact) mass is 210 g/mol. The molecular formula is C11H15ClN2. The Morgan fingerprint density at radius 3 is 2.79 bits per heavy atom. The van der Waals surface area contributed by atoms with E-state index in [1.54, 1.807) is 0 Å². The first-order valence-electron chi connectivity index (χ1n) is 4.69. The van der Waals surface area contributed by atoms with E-state index in [2.05, 4.69) is 17.2 Å². The Balaban J connectivity index is 2.36. The summed E-state index contributed by atoms with van der Waals surface area (Å²) in [5.74, 6) is 0.575. The minimum atomic E-state index is 0.345. The summed E-state index contributed by atoms with van der Waals surface area (Å²) in [6.45, 7) is 2.97. The number of allylic oxidation sites excluding steroid dienone is 1. The van der Waals surface area contributed by atoms with Crippen LogP contribution in [0.25, 0.3) is 0 Å². The lowest BCUT2D eigenvalue weighted by Gasteiger charge is -2.11. The summed E-state index contributed by atoms with van der Waals surface area (Å²) in [6, 6.07) is 4.38. The van der Waals surface area contributed by atoms with Gasteiger partial charge < -0.3 is 5.32 Å². The van der Waals surface area contributed by atoms with Crippen LogP contribution >= 0.6 is 11.6 Å². The first kappa shape index (κ1) is 11.2. The van der Waals surface area contributed by atoms with Gasteiger partial charge in [-0.2, -0.15) is 0 Å². The zero-order chi connectivity index (χ0) is 10.2. The van der Waals surface area contributed by atoms with Crippen molar-refractivity contribution in [3.8, 4) is 0 Å². The van der Waals surface area contributed by atoms with Crippen molar-refractivity contribution < 1.29 is 0 Å². The van der Waals surface area contributed by atoms with Gasteiger partial charge in [0, 0.05) is 30.9 Å². The predicted octanol–water partition coefficient (Wildman–Crippen LogP) is 2.53. The Hall–Kier alpha value is -0.860. The lowest BCUT2D eigenvalue weighted by atomic mass is 10.1. The molecule has 0 aliphatic carbocycles. The van der Waals surface area contributed by atoms with Crippen LogP contribution in [-0.2, 0) is 0 Å². The number of alkyl halides is 1. The van der Waals surface area contributed by atoms with Gasteiger partial charge in [0.2, 0.25) is 0 Å². The van der Waals surface area contributed by atoms with Crippen molar-refractivity contribution in [2.24, 2.45) is 0 Å². The van der Waals surface area contributed by atoms with Gasteiger partial charge in [-0.15, -0.1) is 11.6 Å². The van der Waals surface area contributed by atoms with E-state index in [4.69, 9.17) is 11.6 Å². The second-order valence-electron chi connectivity index (χ2n) is 3.04. The van der Waals surface area contributed by atoms with Crippen LogP contribution in [0.2, 0.25) is 0 Å². The molecule has 0 fully saturated rings. The number of aromatic nitrogens is 1. The molecular weight excluding hydrogens is 196 g/mol. The van der Waals surface area contributed by atoms with Crippen LogP contribution in [-0.4, -0.2) is 17.4 Å². The maximum Gasteiger partial charge on any atom is 0.0404 e. The molecule has 0 unspecified atom stereocenters. The number of pyridine rings is 1. The van der Waals surface area contributed by atoms with Crippen LogP contribution in [0.5, 0.6) is 0 Å². The quantitative estimate of drug-likeness (QED) is 0.597. The lowest BCUT2D eigenvalue weighted by molar-refractivity contribution is 0.616. The molecule has 1 heterocycles. The first-order valence-corrected chi connectivity index (χ1v) is 5.22. The molecule has 1 aromatic rings. The second-order valence-corrected chi connectivity index (χ2v) is 3.34. The number of rotatable bonds is 5. The van der Waals surface area contributed by atoms with Crippen molar-refractivity contribution in [3.05, 3.63) is 42.2 Å². The fourth-order valence-electron chi connectivity index (χ4n) is 1.16. The van der Waals surface area contributed by atoms with Crippen LogP contribution in [0.15, 0.2) is 36.7 Å². The zero-order valence-corrected chi connectivity index (χ0v) is 9.04. The van der Waals surface area contributed by atoms with Gasteiger partial charge in [-0.1, -0.05) is 12.2 Å². The fourth-order valence-corrected chi connectivity index (χ4v) is 1.29. The highest BCUT2D eigenvalue weighted by molar-refractivity contribution is 6.18. The third-order valence-corrected chi connectivity index (χ3v) is 2.18. The van der Waals surface area contributed by atoms with Crippen LogP contribution in [0.4, 0.5) is 0 Å². The van der Waals surface area contributed by atoms with Gasteiger partial charge in [-0.05, 0) is 24.6 Å². The number of nitrogens with one attached hydrogen (secondary N) is 1. The molecule has 3 heteroatoms. The van der Waals surface area contributed by atoms with E-state index in [9.17, 15) is 0 Å². The topological polar surface area (TPSA) is 24.9 Å². The molecule has 0 saturated heterocycles. The van der Waals surface area contributed by atoms with Gasteiger partial charge in [0.15, 0.2) is 0 Å². The van der Waals surface area contributed by atoms with Gasteiger partial charge in [0.25, 0.3) is 0 Å². The Morgan fingerprint density at radius 2 is 2.14 bits per heavy atom. The fraction of sp³-hybridized carbons (Fsp3) is 0.364. The average Bonchev–Trinajstić information content (AvgIpc) is 2.25. The van der Waals surface area contributed by atoms with E-state index in [1.165, 1.54) is 5.56 Å². The number of nitrogens with zero attached hydrogens (tertiary/aromatic N) is 1. The molecule has 1 rings (SSSR count). The number of hydrogen-bond acceptors (Lipinski definition) is 2. The number of hydrogen-bond donors (Lipinski definition) is 1. The van der Waals surface area contributed by atoms with Crippen molar-refractivity contribution in [1.82, 2.24) is 10.3 Å². The Bertz CT molecular complexity index is 272. The molecule has 0 bridgehead atoms. The van der Waals surface area contributed by atoms with Gasteiger partial charge in [0.1, 0.15) is 0 Å². The van der Waals surface area contributed by atoms with E-state index in [1.807, 2.05) is 36.7 Å². The van der Waals surface area contributed by atoms with Gasteiger partial charge in [0.05, 0.1) is 0 Å². The summed E-state index contributed by atoms with van der Waals surface area (Å²) >= 11 is 5.51. The molecule has 0 saturated carbocycles. The SMILES string of the molecule is C[C@@H](NC/C=C/CCl)c1ccncc1. The molecule has 0 spiro atoms. The molecule has 2 nitrogen and oxygen atoms in total. The third-order valence-electron chi connectivity index (χ3n) is 2.00. The van der Waals surface area contributed by atoms with Gasteiger partial charge in [-0.3, -0.25) is 4.98 Å². The van der Waals surface area contributed by atoms with Gasteiger partial charge in [-0.25, -0.2) is 0 Å². The average molecular weight is 211 g/mol. The summed E-state index contributed by atoms with van der Waals surface area (Å²) in [4.78, 5) is 3.98. The summed E-state index contributed by atoms with van der Waals surface area (Å²) < 4.78 is 0. The Kier molecular flexibility index (Phi) is 5.27. The standard InChI is InChI=1S/C11H15ClN2/c1-10(14-7-3-2-6-12)11-4-8-13-9-5-11/h2-5,8-10,14H,6-7H2,1H3/b3-2+/t10-/m1/s1. The predicted molar refractivity (Wildman–Crippen MR) is 60.5 cm³/mol. The highest BCUT2D eigenvalue weighted by atomic mass is 35.5. The molecule has 0 aliphatic heterocycles. The molecule has 1 atom stereocenters. The molecule has 14 heavy (non-hydrogen) atoms. The Morgan fingerprint density at radius 1 is 1.43 bits per heavy atom. The van der Waals surface area contributed by atoms with Crippen LogP contribution in [0, 0.1) is 0 Å². The zero-order valence-electron chi connectivity index (χ0n) is 8.28. The van der Waals surface area contributed by atoms with E-state index in [-0.39, 0.29) is 0 Å². The van der Waals surface area contributed by atoms with Crippen molar-refractivity contribution in [2.45, 2.75) is 13.0 Å². The summed E-state index contributed by atoms with van der Waals surface area (Å²) in [6.07, 6.45) is 7.59. The minimum Gasteiger partial charge on any atom is -0.307 e. The molecule has 0 aliphatic rings. The maximum atomic E-state index is 5.51. The van der Waals surface area contributed by atoms with Crippen LogP contribution in [0.1, 0.15) is 18.5 Å². The van der Waals surface area contributed by atoms with E-state index < -0.39 is 0 Å². The summed E-state index contributed by atoms with van der Waals surface area (Å²) in [7, 11) is 0. The van der Waals surface area contributed by atoms with Crippen molar-refractivity contribution >= 4 is 11.6 Å². The molecule has 1 aromatic heterocycles. The highest BCUT2D eigenvalue weighted by Gasteiger charge is 2.01. The third kappa shape index (κ3) is 3.90. The second kappa shape index (κ2) is 6.57. The lowest BCUT2D eigenvalue weighted by Crippen LogP contribution is -2.18. The number of halogens is 1. The highest BCUT2D eigenvalue weighted by Crippen LogP contribution is 2.09. The van der Waals surface area contributed by atoms with Crippen molar-refractivity contribution in [2.75, 3.05) is 12.4 Å². The smallest absolute Gasteiger partial charge is 0.0404 e. The summed E-state index contributed by atoms with van der Waals surface area (Å²) in [5, 5.41) is 3.36. The van der Waals surface area contributed by atoms with E-state index >= 15 is 0 Å². The minimum absolute atomic E-state index is 0.345. The Labute approximate surface area is 90.0 Å². The molecule has 0 amide bonds. The van der Waals surface area contributed by atoms with Gasteiger partial charge >= 0.3 is 0 Å². The van der Waals surface area contributed by atoms with E-state index in [0.717, 1.165) is 6.54 Å². The van der Waals surface area contributed by atoms with E-state index in [0.29, 0.717) is 11.9 Å². The molecule has 0 radical (unpaired) electrons. The largest absolute Gasteiger partial charge is 0.307 e. The maximum absolute atomic E-state index is 5.51. The first-order chi connectivity index (χ1) is 6.84. The normalized spacial score (nSPS) is 13.3. The molecule has 76 valence electrons. The van der Waals surface area contributed by atoms with Crippen molar-refractivity contribution in [3.63, 3.8) is 0 Å². The molecule has 0 aromatic carbocycles. The summed E-state index contributed by atoms with van der Waals surface area (Å²) in [5.41, 5.74) is 1.25. The van der Waals surface area contributed by atoms with Crippen LogP contribution < -0.4 is 5.32 Å².